The molecule has 0 amide bonds. The average molecular weight is 490 g/mol. The monoisotopic (exact) mass is 489 g/mol. The summed E-state index contributed by atoms with van der Waals surface area (Å²) in [6.45, 7) is 13.1. The topological polar surface area (TPSA) is 18.5 Å². The summed E-state index contributed by atoms with van der Waals surface area (Å²) >= 11 is 6.82. The number of halogens is 1. The third-order valence-electron chi connectivity index (χ3n) is 7.41. The molecule has 1 N–H and O–H groups in total. The predicted molar refractivity (Wildman–Crippen MR) is 151 cm³/mol. The van der Waals surface area contributed by atoms with Gasteiger partial charge in [0.25, 0.3) is 0 Å². The molecule has 1 aliphatic rings. The second kappa shape index (κ2) is 12.1. The summed E-state index contributed by atoms with van der Waals surface area (Å²) in [7, 11) is 0. The van der Waals surface area contributed by atoms with Gasteiger partial charge in [-0.15, -0.1) is 0 Å². The molecule has 1 fully saturated rings. The van der Waals surface area contributed by atoms with Crippen LogP contribution in [0.4, 0.5) is 5.69 Å². The summed E-state index contributed by atoms with van der Waals surface area (Å²) in [4.78, 5) is 5.28. The molecule has 4 rings (SSSR count). The first-order chi connectivity index (χ1) is 17.0. The van der Waals surface area contributed by atoms with Crippen LogP contribution in [0.2, 0.25) is 5.02 Å². The molecule has 35 heavy (non-hydrogen) atoms. The van der Waals surface area contributed by atoms with Gasteiger partial charge in [-0.1, -0.05) is 92.9 Å². The SMILES string of the molecule is CCCCC(Nc1cc(C)c(Cl)c(-c2ccccc2C)c1)N1CCN(CC)C(c2ccccc2)C1. The molecule has 1 heterocycles. The zero-order valence-electron chi connectivity index (χ0n) is 21.7. The maximum Gasteiger partial charge on any atom is 0.0794 e. The number of hydrogen-bond acceptors (Lipinski definition) is 3. The number of likely N-dealkylation sites (N-methyl/N-ethyl adjacent to an activating group) is 1. The van der Waals surface area contributed by atoms with Crippen molar-refractivity contribution in [1.29, 1.82) is 0 Å². The molecule has 3 aromatic rings. The predicted octanol–water partition coefficient (Wildman–Crippen LogP) is 7.93. The van der Waals surface area contributed by atoms with Crippen molar-refractivity contribution in [3.8, 4) is 11.1 Å². The lowest BCUT2D eigenvalue weighted by atomic mass is 9.98. The number of aryl methyl sites for hydroxylation is 2. The second-order valence-corrected chi connectivity index (χ2v) is 10.2. The molecular formula is C31H40ClN3. The highest BCUT2D eigenvalue weighted by atomic mass is 35.5. The van der Waals surface area contributed by atoms with Crippen LogP contribution in [0.5, 0.6) is 0 Å². The summed E-state index contributed by atoms with van der Waals surface area (Å²) in [6, 6.07) is 24.4. The summed E-state index contributed by atoms with van der Waals surface area (Å²) in [6.07, 6.45) is 3.83. The van der Waals surface area contributed by atoms with Crippen LogP contribution in [0, 0.1) is 13.8 Å². The van der Waals surface area contributed by atoms with Gasteiger partial charge in [-0.2, -0.15) is 0 Å². The molecule has 0 aromatic heterocycles. The van der Waals surface area contributed by atoms with E-state index in [9.17, 15) is 0 Å². The van der Waals surface area contributed by atoms with Crippen molar-refractivity contribution >= 4 is 17.3 Å². The van der Waals surface area contributed by atoms with E-state index in [1.54, 1.807) is 0 Å². The number of anilines is 1. The van der Waals surface area contributed by atoms with E-state index in [4.69, 9.17) is 11.6 Å². The van der Waals surface area contributed by atoms with Crippen molar-refractivity contribution in [2.45, 2.75) is 59.2 Å². The van der Waals surface area contributed by atoms with Gasteiger partial charge < -0.3 is 5.32 Å². The molecule has 186 valence electrons. The van der Waals surface area contributed by atoms with Gasteiger partial charge in [0.2, 0.25) is 0 Å². The highest BCUT2D eigenvalue weighted by Crippen LogP contribution is 2.36. The number of benzene rings is 3. The minimum atomic E-state index is 0.297. The van der Waals surface area contributed by atoms with Crippen LogP contribution in [0.15, 0.2) is 66.7 Å². The maximum absolute atomic E-state index is 6.82. The molecule has 0 radical (unpaired) electrons. The zero-order chi connectivity index (χ0) is 24.8. The Hall–Kier alpha value is -2.33. The Labute approximate surface area is 217 Å². The van der Waals surface area contributed by atoms with Crippen LogP contribution in [0.1, 0.15) is 55.8 Å². The highest BCUT2D eigenvalue weighted by Gasteiger charge is 2.31. The van der Waals surface area contributed by atoms with Crippen molar-refractivity contribution in [2.75, 3.05) is 31.5 Å². The van der Waals surface area contributed by atoms with Crippen molar-refractivity contribution < 1.29 is 0 Å². The summed E-state index contributed by atoms with van der Waals surface area (Å²) in [5.74, 6) is 0. The van der Waals surface area contributed by atoms with Gasteiger partial charge in [0.05, 0.1) is 11.2 Å². The Balaban J connectivity index is 1.62. The first-order valence-corrected chi connectivity index (χ1v) is 13.5. The Bertz CT molecular complexity index is 1100. The van der Waals surface area contributed by atoms with Gasteiger partial charge in [0.15, 0.2) is 0 Å². The van der Waals surface area contributed by atoms with Crippen LogP contribution in [-0.4, -0.2) is 42.1 Å². The molecule has 0 aliphatic carbocycles. The first-order valence-electron chi connectivity index (χ1n) is 13.2. The molecule has 0 spiro atoms. The van der Waals surface area contributed by atoms with E-state index < -0.39 is 0 Å². The van der Waals surface area contributed by atoms with E-state index in [0.29, 0.717) is 12.2 Å². The van der Waals surface area contributed by atoms with E-state index >= 15 is 0 Å². The summed E-state index contributed by atoms with van der Waals surface area (Å²) < 4.78 is 0. The van der Waals surface area contributed by atoms with Gasteiger partial charge in [-0.3, -0.25) is 9.80 Å². The highest BCUT2D eigenvalue weighted by molar-refractivity contribution is 6.34. The maximum atomic E-state index is 6.82. The number of unbranched alkanes of at least 4 members (excludes halogenated alkanes) is 1. The van der Waals surface area contributed by atoms with Gasteiger partial charge in [0.1, 0.15) is 0 Å². The molecule has 1 aliphatic heterocycles. The largest absolute Gasteiger partial charge is 0.370 e. The molecule has 4 heteroatoms. The van der Waals surface area contributed by atoms with Gasteiger partial charge in [-0.25, -0.2) is 0 Å². The normalized spacial score (nSPS) is 17.9. The van der Waals surface area contributed by atoms with Crippen molar-refractivity contribution in [3.05, 3.63) is 88.4 Å². The number of hydrogen-bond donors (Lipinski definition) is 1. The lowest BCUT2D eigenvalue weighted by molar-refractivity contribution is 0.0546. The van der Waals surface area contributed by atoms with Crippen LogP contribution in [0.25, 0.3) is 11.1 Å². The van der Waals surface area contributed by atoms with Crippen molar-refractivity contribution in [1.82, 2.24) is 9.80 Å². The van der Waals surface area contributed by atoms with E-state index in [1.807, 2.05) is 0 Å². The molecule has 2 unspecified atom stereocenters. The summed E-state index contributed by atoms with van der Waals surface area (Å²) in [5.41, 5.74) is 7.24. The van der Waals surface area contributed by atoms with Gasteiger partial charge in [-0.05, 0) is 61.2 Å². The Kier molecular flexibility index (Phi) is 8.89. The number of nitrogens with zero attached hydrogens (tertiary/aromatic N) is 2. The van der Waals surface area contributed by atoms with Crippen LogP contribution < -0.4 is 5.32 Å². The van der Waals surface area contributed by atoms with Crippen LogP contribution >= 0.6 is 11.6 Å². The second-order valence-electron chi connectivity index (χ2n) is 9.82. The summed E-state index contributed by atoms with van der Waals surface area (Å²) in [5, 5.41) is 4.78. The van der Waals surface area contributed by atoms with Crippen LogP contribution in [-0.2, 0) is 0 Å². The standard InChI is InChI=1S/C31H40ClN3/c1-5-7-17-30(35-19-18-34(6-2)29(22-35)25-14-9-8-10-15-25)33-26-20-24(4)31(32)28(21-26)27-16-12-11-13-23(27)3/h8-16,20-21,29-30,33H,5-7,17-19,22H2,1-4H3. The fourth-order valence-corrected chi connectivity index (χ4v) is 5.57. The number of nitrogens with one attached hydrogen (secondary N) is 1. The third kappa shape index (κ3) is 6.09. The van der Waals surface area contributed by atoms with E-state index in [1.165, 1.54) is 29.5 Å². The van der Waals surface area contributed by atoms with Gasteiger partial charge in [0, 0.05) is 36.9 Å². The Morgan fingerprint density at radius 3 is 2.37 bits per heavy atom. The third-order valence-corrected chi connectivity index (χ3v) is 7.91. The van der Waals surface area contributed by atoms with E-state index in [2.05, 4.69) is 110 Å². The van der Waals surface area contributed by atoms with E-state index in [-0.39, 0.29) is 0 Å². The molecule has 3 nitrogen and oxygen atoms in total. The van der Waals surface area contributed by atoms with Crippen molar-refractivity contribution in [3.63, 3.8) is 0 Å². The lowest BCUT2D eigenvalue weighted by Crippen LogP contribution is -2.53. The minimum Gasteiger partial charge on any atom is -0.370 e. The Morgan fingerprint density at radius 1 is 0.914 bits per heavy atom. The number of piperazine rings is 1. The molecule has 2 atom stereocenters. The lowest BCUT2D eigenvalue weighted by Gasteiger charge is -2.45. The number of rotatable bonds is 9. The van der Waals surface area contributed by atoms with Gasteiger partial charge >= 0.3 is 0 Å². The zero-order valence-corrected chi connectivity index (χ0v) is 22.5. The fraction of sp³-hybridized carbons (Fsp3) is 0.419. The van der Waals surface area contributed by atoms with Crippen LogP contribution in [0.3, 0.4) is 0 Å². The first kappa shape index (κ1) is 25.8. The smallest absolute Gasteiger partial charge is 0.0794 e. The molecule has 1 saturated heterocycles. The van der Waals surface area contributed by atoms with Crippen molar-refractivity contribution in [2.24, 2.45) is 0 Å². The molecule has 3 aromatic carbocycles. The minimum absolute atomic E-state index is 0.297. The average Bonchev–Trinajstić information content (AvgIpc) is 2.89. The molecule has 0 bridgehead atoms. The quantitative estimate of drug-likeness (QED) is 0.329. The fourth-order valence-electron chi connectivity index (χ4n) is 5.35. The Morgan fingerprint density at radius 2 is 1.66 bits per heavy atom. The molecular weight excluding hydrogens is 450 g/mol. The molecule has 0 saturated carbocycles. The van der Waals surface area contributed by atoms with E-state index in [0.717, 1.165) is 54.4 Å².